The molecule has 0 aliphatic heterocycles. The van der Waals surface area contributed by atoms with Crippen molar-refractivity contribution in [3.05, 3.63) is 46.8 Å². The van der Waals surface area contributed by atoms with Gasteiger partial charge in [-0.15, -0.1) is 11.8 Å². The fourth-order valence-corrected chi connectivity index (χ4v) is 2.94. The van der Waals surface area contributed by atoms with Gasteiger partial charge in [0, 0.05) is 17.0 Å². The van der Waals surface area contributed by atoms with Gasteiger partial charge in [0.2, 0.25) is 0 Å². The highest BCUT2D eigenvalue weighted by Gasteiger charge is 2.12. The molecule has 5 nitrogen and oxygen atoms in total. The van der Waals surface area contributed by atoms with Gasteiger partial charge in [0.25, 0.3) is 0 Å². The summed E-state index contributed by atoms with van der Waals surface area (Å²) in [6.45, 7) is 8.21. The molecule has 6 heteroatoms. The molecule has 0 spiro atoms. The molecule has 2 aromatic rings. The van der Waals surface area contributed by atoms with Crippen LogP contribution in [0.15, 0.2) is 33.7 Å². The fourth-order valence-electron chi connectivity index (χ4n) is 2.27. The van der Waals surface area contributed by atoms with Crippen molar-refractivity contribution in [3.63, 3.8) is 0 Å². The number of nitrogens with zero attached hydrogens (tertiary/aromatic N) is 1. The van der Waals surface area contributed by atoms with Gasteiger partial charge in [0.1, 0.15) is 5.76 Å². The van der Waals surface area contributed by atoms with Crippen LogP contribution in [0.5, 0.6) is 0 Å². The van der Waals surface area contributed by atoms with E-state index in [4.69, 9.17) is 4.52 Å². The number of thioether (sulfide) groups is 1. The Morgan fingerprint density at radius 3 is 2.57 bits per heavy atom. The van der Waals surface area contributed by atoms with Crippen molar-refractivity contribution in [3.8, 4) is 0 Å². The van der Waals surface area contributed by atoms with Crippen LogP contribution < -0.4 is 10.6 Å². The Labute approximate surface area is 141 Å². The Morgan fingerprint density at radius 2 is 2.00 bits per heavy atom. The van der Waals surface area contributed by atoms with Gasteiger partial charge in [0.15, 0.2) is 0 Å². The van der Waals surface area contributed by atoms with Gasteiger partial charge < -0.3 is 15.2 Å². The van der Waals surface area contributed by atoms with Crippen molar-refractivity contribution in [2.24, 2.45) is 0 Å². The van der Waals surface area contributed by atoms with E-state index in [0.717, 1.165) is 28.3 Å². The molecule has 0 radical (unpaired) electrons. The average Bonchev–Trinajstić information content (AvgIpc) is 2.85. The van der Waals surface area contributed by atoms with Gasteiger partial charge in [-0.05, 0) is 44.2 Å². The van der Waals surface area contributed by atoms with Gasteiger partial charge >= 0.3 is 6.03 Å². The monoisotopic (exact) mass is 333 g/mol. The van der Waals surface area contributed by atoms with Gasteiger partial charge in [-0.25, -0.2) is 4.79 Å². The van der Waals surface area contributed by atoms with Crippen molar-refractivity contribution in [1.29, 1.82) is 0 Å². The third-order valence-corrected chi connectivity index (χ3v) is 4.54. The van der Waals surface area contributed by atoms with Crippen molar-refractivity contribution >= 4 is 17.8 Å². The second-order valence-corrected chi connectivity index (χ2v) is 6.69. The second-order valence-electron chi connectivity index (χ2n) is 5.35. The number of nitrogens with one attached hydrogen (secondary N) is 2. The summed E-state index contributed by atoms with van der Waals surface area (Å²) < 4.78 is 5.09. The maximum Gasteiger partial charge on any atom is 0.315 e. The van der Waals surface area contributed by atoms with Crippen LogP contribution in [-0.2, 0) is 6.54 Å². The number of rotatable bonds is 6. The lowest BCUT2D eigenvalue weighted by molar-refractivity contribution is 0.237. The quantitative estimate of drug-likeness (QED) is 0.785. The van der Waals surface area contributed by atoms with Crippen molar-refractivity contribution in [2.75, 3.05) is 5.75 Å². The molecule has 1 atom stereocenters. The molecule has 0 unspecified atom stereocenters. The second kappa shape index (κ2) is 8.06. The van der Waals surface area contributed by atoms with E-state index in [0.29, 0.717) is 6.54 Å². The van der Waals surface area contributed by atoms with Crippen LogP contribution in [0, 0.1) is 13.8 Å². The number of urea groups is 1. The van der Waals surface area contributed by atoms with E-state index < -0.39 is 0 Å². The summed E-state index contributed by atoms with van der Waals surface area (Å²) in [5, 5.41) is 9.66. The smallest absolute Gasteiger partial charge is 0.315 e. The van der Waals surface area contributed by atoms with E-state index in [1.807, 2.05) is 20.8 Å². The number of carbonyl (C=O) groups excluding carboxylic acids is 1. The highest BCUT2D eigenvalue weighted by molar-refractivity contribution is 7.99. The topological polar surface area (TPSA) is 67.2 Å². The minimum atomic E-state index is -0.204. The molecule has 2 amide bonds. The Morgan fingerprint density at radius 1 is 1.30 bits per heavy atom. The van der Waals surface area contributed by atoms with Crippen LogP contribution >= 0.6 is 11.8 Å². The third-order valence-electron chi connectivity index (χ3n) is 3.65. The summed E-state index contributed by atoms with van der Waals surface area (Å²) in [6, 6.07) is 8.02. The average molecular weight is 333 g/mol. The predicted octanol–water partition coefficient (Wildman–Crippen LogP) is 3.96. The lowest BCUT2D eigenvalue weighted by Crippen LogP contribution is -2.36. The van der Waals surface area contributed by atoms with Crippen molar-refractivity contribution < 1.29 is 9.32 Å². The third kappa shape index (κ3) is 4.76. The first-order valence-electron chi connectivity index (χ1n) is 7.70. The Kier molecular flexibility index (Phi) is 6.10. The Balaban J connectivity index is 1.87. The molecule has 0 saturated carbocycles. The number of benzene rings is 1. The molecule has 0 fully saturated rings. The SMILES string of the molecule is CCSc1ccc([C@H](C)NC(=O)NCc2c(C)noc2C)cc1. The summed E-state index contributed by atoms with van der Waals surface area (Å²) in [5.41, 5.74) is 2.81. The molecule has 23 heavy (non-hydrogen) atoms. The molecule has 0 saturated heterocycles. The lowest BCUT2D eigenvalue weighted by atomic mass is 10.1. The first kappa shape index (κ1) is 17.4. The van der Waals surface area contributed by atoms with E-state index in [1.54, 1.807) is 11.8 Å². The normalized spacial score (nSPS) is 12.0. The van der Waals surface area contributed by atoms with Gasteiger partial charge in [-0.3, -0.25) is 0 Å². The molecular formula is C17H23N3O2S. The number of aromatic nitrogens is 1. The van der Waals surface area contributed by atoms with Crippen LogP contribution in [0.25, 0.3) is 0 Å². The first-order chi connectivity index (χ1) is 11.0. The van der Waals surface area contributed by atoms with Crippen LogP contribution in [0.4, 0.5) is 4.79 Å². The lowest BCUT2D eigenvalue weighted by Gasteiger charge is -2.15. The highest BCUT2D eigenvalue weighted by Crippen LogP contribution is 2.20. The summed E-state index contributed by atoms with van der Waals surface area (Å²) in [7, 11) is 0. The standard InChI is InChI=1S/C17H23N3O2S/c1-5-23-15-8-6-14(7-9-15)11(2)19-17(21)18-10-16-12(3)20-22-13(16)4/h6-9,11H,5,10H2,1-4H3,(H2,18,19,21)/t11-/m0/s1. The van der Waals surface area contributed by atoms with E-state index in [1.165, 1.54) is 4.90 Å². The first-order valence-corrected chi connectivity index (χ1v) is 8.68. The van der Waals surface area contributed by atoms with Crippen LogP contribution in [0.3, 0.4) is 0 Å². The molecule has 1 aromatic carbocycles. The van der Waals surface area contributed by atoms with Gasteiger partial charge in [-0.2, -0.15) is 0 Å². The minimum Gasteiger partial charge on any atom is -0.361 e. The van der Waals surface area contributed by atoms with Crippen molar-refractivity contribution in [2.45, 2.75) is 45.2 Å². The zero-order valence-electron chi connectivity index (χ0n) is 14.0. The number of hydrogen-bond donors (Lipinski definition) is 2. The molecule has 0 aliphatic carbocycles. The number of carbonyl (C=O) groups is 1. The van der Waals surface area contributed by atoms with Crippen LogP contribution in [0.2, 0.25) is 0 Å². The van der Waals surface area contributed by atoms with Crippen LogP contribution in [0.1, 0.15) is 42.5 Å². The number of amides is 2. The van der Waals surface area contributed by atoms with Crippen molar-refractivity contribution in [1.82, 2.24) is 15.8 Å². The van der Waals surface area contributed by atoms with E-state index >= 15 is 0 Å². The molecule has 1 aromatic heterocycles. The molecular weight excluding hydrogens is 310 g/mol. The molecule has 124 valence electrons. The number of hydrogen-bond acceptors (Lipinski definition) is 4. The minimum absolute atomic E-state index is 0.0552. The summed E-state index contributed by atoms with van der Waals surface area (Å²) in [6.07, 6.45) is 0. The van der Waals surface area contributed by atoms with E-state index in [2.05, 4.69) is 47.0 Å². The zero-order valence-corrected chi connectivity index (χ0v) is 14.8. The Bertz CT molecular complexity index is 633. The highest BCUT2D eigenvalue weighted by atomic mass is 32.2. The summed E-state index contributed by atoms with van der Waals surface area (Å²) >= 11 is 1.80. The molecule has 0 aliphatic rings. The largest absolute Gasteiger partial charge is 0.361 e. The summed E-state index contributed by atoms with van der Waals surface area (Å²) in [5.74, 6) is 1.79. The van der Waals surface area contributed by atoms with E-state index in [9.17, 15) is 4.79 Å². The maximum atomic E-state index is 12.0. The fraction of sp³-hybridized carbons (Fsp3) is 0.412. The van der Waals surface area contributed by atoms with Gasteiger partial charge in [0.05, 0.1) is 11.7 Å². The zero-order chi connectivity index (χ0) is 16.8. The summed E-state index contributed by atoms with van der Waals surface area (Å²) in [4.78, 5) is 13.3. The maximum absolute atomic E-state index is 12.0. The molecule has 2 rings (SSSR count). The van der Waals surface area contributed by atoms with E-state index in [-0.39, 0.29) is 12.1 Å². The predicted molar refractivity (Wildman–Crippen MR) is 92.6 cm³/mol. The van der Waals surface area contributed by atoms with Crippen LogP contribution in [-0.4, -0.2) is 16.9 Å². The Hall–Kier alpha value is -1.95. The molecule has 0 bridgehead atoms. The number of aryl methyl sites for hydroxylation is 2. The molecule has 1 heterocycles. The molecule has 2 N–H and O–H groups in total. The van der Waals surface area contributed by atoms with Gasteiger partial charge in [-0.1, -0.05) is 24.2 Å².